The van der Waals surface area contributed by atoms with Gasteiger partial charge in [0, 0.05) is 9.65 Å². The summed E-state index contributed by atoms with van der Waals surface area (Å²) in [6.07, 6.45) is 0. The van der Waals surface area contributed by atoms with Gasteiger partial charge in [-0.3, -0.25) is 0 Å². The highest BCUT2D eigenvalue weighted by Crippen LogP contribution is 2.22. The maximum absolute atomic E-state index is 9.39. The molecule has 0 aliphatic heterocycles. The molecule has 0 bridgehead atoms. The van der Waals surface area contributed by atoms with E-state index >= 15 is 0 Å². The Morgan fingerprint density at radius 2 is 1.79 bits per heavy atom. The van der Waals surface area contributed by atoms with Gasteiger partial charge in [-0.15, -0.1) is 11.3 Å². The van der Waals surface area contributed by atoms with Crippen LogP contribution in [-0.2, 0) is 0 Å². The molecule has 0 fully saturated rings. The Hall–Kier alpha value is -1.06. The van der Waals surface area contributed by atoms with Gasteiger partial charge < -0.3 is 5.02 Å². The lowest BCUT2D eigenvalue weighted by Gasteiger charge is -1.95. The van der Waals surface area contributed by atoms with E-state index in [1.807, 2.05) is 24.3 Å². The normalized spacial score (nSPS) is 10.1. The molecule has 1 N–H and O–H groups in total. The first kappa shape index (κ1) is 9.50. The van der Waals surface area contributed by atoms with Crippen molar-refractivity contribution >= 4 is 23.0 Å². The van der Waals surface area contributed by atoms with Gasteiger partial charge in [-0.25, -0.2) is 0 Å². The highest BCUT2D eigenvalue weighted by atomic mass is 32.1. The van der Waals surface area contributed by atoms with E-state index in [0.717, 1.165) is 4.78 Å². The third-order valence-electron chi connectivity index (χ3n) is 2.10. The largest absolute Gasteiger partial charge is 0.446 e. The van der Waals surface area contributed by atoms with Crippen LogP contribution in [0.15, 0.2) is 42.5 Å². The Labute approximate surface area is 88.1 Å². The van der Waals surface area contributed by atoms with Gasteiger partial charge in [0.25, 0.3) is 0 Å². The predicted molar refractivity (Wildman–Crippen MR) is 63.2 cm³/mol. The summed E-state index contributed by atoms with van der Waals surface area (Å²) in [4.78, 5) is 1.21. The van der Waals surface area contributed by atoms with Gasteiger partial charge in [0.2, 0.25) is 0 Å². The standard InChI is InChI=1S/C11H11BOS/c1-12(13)11-8-7-10(14-11)9-5-3-2-4-6-9/h2-8,13H,1H3. The molecule has 14 heavy (non-hydrogen) atoms. The molecule has 2 rings (SSSR count). The molecule has 0 atom stereocenters. The summed E-state index contributed by atoms with van der Waals surface area (Å²) in [6, 6.07) is 14.3. The summed E-state index contributed by atoms with van der Waals surface area (Å²) in [5.41, 5.74) is 1.21. The SMILES string of the molecule is CB(O)c1ccc(-c2ccccc2)s1. The van der Waals surface area contributed by atoms with Crippen LogP contribution in [0.3, 0.4) is 0 Å². The van der Waals surface area contributed by atoms with E-state index in [0.29, 0.717) is 0 Å². The van der Waals surface area contributed by atoms with Crippen molar-refractivity contribution in [3.63, 3.8) is 0 Å². The van der Waals surface area contributed by atoms with Crippen LogP contribution in [-0.4, -0.2) is 11.9 Å². The zero-order chi connectivity index (χ0) is 9.97. The van der Waals surface area contributed by atoms with Crippen LogP contribution >= 0.6 is 11.3 Å². The maximum Gasteiger partial charge on any atom is 0.330 e. The third kappa shape index (κ3) is 1.89. The van der Waals surface area contributed by atoms with Crippen LogP contribution in [0.4, 0.5) is 0 Å². The minimum absolute atomic E-state index is 0.363. The van der Waals surface area contributed by atoms with Crippen LogP contribution in [0.25, 0.3) is 10.4 Å². The van der Waals surface area contributed by atoms with Crippen molar-refractivity contribution in [2.24, 2.45) is 0 Å². The average molecular weight is 202 g/mol. The van der Waals surface area contributed by atoms with Crippen molar-refractivity contribution in [1.29, 1.82) is 0 Å². The molecule has 0 unspecified atom stereocenters. The molecular formula is C11H11BOS. The van der Waals surface area contributed by atoms with E-state index in [1.165, 1.54) is 10.4 Å². The quantitative estimate of drug-likeness (QED) is 0.740. The lowest BCUT2D eigenvalue weighted by molar-refractivity contribution is 0.595. The van der Waals surface area contributed by atoms with Crippen molar-refractivity contribution in [1.82, 2.24) is 0 Å². The predicted octanol–water partition coefficient (Wildman–Crippen LogP) is 2.24. The molecule has 0 radical (unpaired) electrons. The molecule has 3 heteroatoms. The van der Waals surface area contributed by atoms with E-state index in [1.54, 1.807) is 18.2 Å². The van der Waals surface area contributed by atoms with Crippen LogP contribution in [0, 0.1) is 0 Å². The van der Waals surface area contributed by atoms with E-state index in [4.69, 9.17) is 0 Å². The molecule has 0 saturated heterocycles. The summed E-state index contributed by atoms with van der Waals surface area (Å²) in [7, 11) is 0. The first-order chi connectivity index (χ1) is 6.77. The number of benzene rings is 1. The van der Waals surface area contributed by atoms with E-state index in [9.17, 15) is 5.02 Å². The molecule has 1 aromatic carbocycles. The van der Waals surface area contributed by atoms with Gasteiger partial charge in [-0.2, -0.15) is 0 Å². The lowest BCUT2D eigenvalue weighted by atomic mass is 9.70. The second-order valence-electron chi connectivity index (χ2n) is 3.24. The Balaban J connectivity index is 2.34. The number of thiophene rings is 1. The monoisotopic (exact) mass is 202 g/mol. The van der Waals surface area contributed by atoms with Gasteiger partial charge in [-0.1, -0.05) is 43.2 Å². The molecule has 0 saturated carbocycles. The van der Waals surface area contributed by atoms with Crippen LogP contribution in [0.2, 0.25) is 6.82 Å². The molecule has 1 heterocycles. The number of hydrogen-bond donors (Lipinski definition) is 1. The second kappa shape index (κ2) is 3.99. The summed E-state index contributed by atoms with van der Waals surface area (Å²) in [6.45, 7) is 1.43. The fraction of sp³-hybridized carbons (Fsp3) is 0.0909. The summed E-state index contributed by atoms with van der Waals surface area (Å²) < 4.78 is 1.02. The van der Waals surface area contributed by atoms with Gasteiger partial charge in [0.15, 0.2) is 0 Å². The highest BCUT2D eigenvalue weighted by Gasteiger charge is 2.09. The van der Waals surface area contributed by atoms with Crippen molar-refractivity contribution in [3.8, 4) is 10.4 Å². The smallest absolute Gasteiger partial charge is 0.330 e. The Bertz CT molecular complexity index is 408. The van der Waals surface area contributed by atoms with Crippen molar-refractivity contribution in [2.75, 3.05) is 0 Å². The van der Waals surface area contributed by atoms with Crippen molar-refractivity contribution in [2.45, 2.75) is 6.82 Å². The molecule has 0 spiro atoms. The Morgan fingerprint density at radius 1 is 1.07 bits per heavy atom. The van der Waals surface area contributed by atoms with Crippen molar-refractivity contribution < 1.29 is 5.02 Å². The Kier molecular flexibility index (Phi) is 2.70. The zero-order valence-corrected chi connectivity index (χ0v) is 8.79. The molecule has 0 aliphatic rings. The highest BCUT2D eigenvalue weighted by molar-refractivity contribution is 7.25. The first-order valence-electron chi connectivity index (χ1n) is 4.60. The Morgan fingerprint density at radius 3 is 2.36 bits per heavy atom. The van der Waals surface area contributed by atoms with E-state index in [-0.39, 0.29) is 6.92 Å². The molecule has 1 aromatic heterocycles. The average Bonchev–Trinajstić information content (AvgIpc) is 2.68. The molecular weight excluding hydrogens is 191 g/mol. The van der Waals surface area contributed by atoms with Crippen molar-refractivity contribution in [3.05, 3.63) is 42.5 Å². The topological polar surface area (TPSA) is 20.2 Å². The van der Waals surface area contributed by atoms with Crippen LogP contribution in [0.5, 0.6) is 0 Å². The summed E-state index contributed by atoms with van der Waals surface area (Å²) in [5, 5.41) is 9.39. The molecule has 0 amide bonds. The molecule has 1 nitrogen and oxygen atoms in total. The van der Waals surface area contributed by atoms with Gasteiger partial charge in [0.05, 0.1) is 0 Å². The molecule has 2 aromatic rings. The second-order valence-corrected chi connectivity index (χ2v) is 4.36. The van der Waals surface area contributed by atoms with Gasteiger partial charge in [-0.05, 0) is 11.6 Å². The summed E-state index contributed by atoms with van der Waals surface area (Å²) in [5.74, 6) is 0. The molecule has 70 valence electrons. The van der Waals surface area contributed by atoms with Crippen LogP contribution in [0.1, 0.15) is 0 Å². The minimum Gasteiger partial charge on any atom is -0.446 e. The number of rotatable bonds is 2. The lowest BCUT2D eigenvalue weighted by Crippen LogP contribution is -2.21. The first-order valence-corrected chi connectivity index (χ1v) is 5.42. The van der Waals surface area contributed by atoms with Gasteiger partial charge in [0.1, 0.15) is 0 Å². The fourth-order valence-corrected chi connectivity index (χ4v) is 2.29. The van der Waals surface area contributed by atoms with E-state index < -0.39 is 0 Å². The van der Waals surface area contributed by atoms with Gasteiger partial charge >= 0.3 is 6.92 Å². The zero-order valence-electron chi connectivity index (χ0n) is 7.97. The van der Waals surface area contributed by atoms with Crippen LogP contribution < -0.4 is 4.78 Å². The fourth-order valence-electron chi connectivity index (χ4n) is 1.33. The van der Waals surface area contributed by atoms with E-state index in [2.05, 4.69) is 18.2 Å². The minimum atomic E-state index is -0.363. The molecule has 0 aliphatic carbocycles. The number of hydrogen-bond acceptors (Lipinski definition) is 2. The maximum atomic E-state index is 9.39. The third-order valence-corrected chi connectivity index (χ3v) is 3.40. The summed E-state index contributed by atoms with van der Waals surface area (Å²) >= 11 is 1.64.